The van der Waals surface area contributed by atoms with Gasteiger partial charge in [-0.25, -0.2) is 0 Å². The second kappa shape index (κ2) is 6.33. The Hall–Kier alpha value is -0.770. The molecular weight excluding hydrogens is 270 g/mol. The summed E-state index contributed by atoms with van der Waals surface area (Å²) in [7, 11) is 4.17. The zero-order chi connectivity index (χ0) is 14.9. The number of benzene rings is 1. The lowest BCUT2D eigenvalue weighted by Gasteiger charge is -2.43. The van der Waals surface area contributed by atoms with Crippen molar-refractivity contribution in [3.63, 3.8) is 0 Å². The number of anilines is 1. The smallest absolute Gasteiger partial charge is 0.0642 e. The first-order chi connectivity index (χ1) is 9.43. The predicted molar refractivity (Wildman–Crippen MR) is 87.8 cm³/mol. The van der Waals surface area contributed by atoms with Crippen LogP contribution in [0.25, 0.3) is 0 Å². The van der Waals surface area contributed by atoms with Crippen LogP contribution in [0.15, 0.2) is 18.2 Å². The van der Waals surface area contributed by atoms with Gasteiger partial charge in [0.25, 0.3) is 0 Å². The number of nitrogens with zero attached hydrogens (tertiary/aromatic N) is 2. The van der Waals surface area contributed by atoms with Crippen LogP contribution in [-0.2, 0) is 0 Å². The molecule has 1 aliphatic rings. The lowest BCUT2D eigenvalue weighted by molar-refractivity contribution is 0.170. The van der Waals surface area contributed by atoms with Crippen LogP contribution in [0.3, 0.4) is 0 Å². The molecule has 0 aliphatic carbocycles. The van der Waals surface area contributed by atoms with Gasteiger partial charge in [-0.05, 0) is 52.6 Å². The first kappa shape index (κ1) is 15.6. The van der Waals surface area contributed by atoms with E-state index in [2.05, 4.69) is 61.1 Å². The van der Waals surface area contributed by atoms with E-state index in [0.29, 0.717) is 18.1 Å². The number of halogens is 1. The zero-order valence-corrected chi connectivity index (χ0v) is 13.9. The third-order valence-corrected chi connectivity index (χ3v) is 4.91. The molecule has 1 aromatic carbocycles. The molecule has 0 saturated carbocycles. The highest BCUT2D eigenvalue weighted by atomic mass is 35.5. The van der Waals surface area contributed by atoms with Gasteiger partial charge in [-0.1, -0.05) is 17.7 Å². The monoisotopic (exact) mass is 295 g/mol. The molecule has 0 aromatic heterocycles. The Balaban J connectivity index is 2.21. The minimum atomic E-state index is 0.326. The van der Waals surface area contributed by atoms with Gasteiger partial charge in [0.05, 0.1) is 10.7 Å². The van der Waals surface area contributed by atoms with Crippen LogP contribution in [0, 0.1) is 0 Å². The predicted octanol–water partition coefficient (Wildman–Crippen LogP) is 3.15. The van der Waals surface area contributed by atoms with Crippen molar-refractivity contribution in [2.45, 2.75) is 38.9 Å². The summed E-state index contributed by atoms with van der Waals surface area (Å²) < 4.78 is 0. The van der Waals surface area contributed by atoms with Crippen molar-refractivity contribution in [3.8, 4) is 0 Å². The van der Waals surface area contributed by atoms with E-state index in [1.807, 2.05) is 7.05 Å². The van der Waals surface area contributed by atoms with Crippen molar-refractivity contribution in [2.24, 2.45) is 0 Å². The van der Waals surface area contributed by atoms with Gasteiger partial charge in [-0.2, -0.15) is 0 Å². The number of rotatable bonds is 3. The summed E-state index contributed by atoms with van der Waals surface area (Å²) >= 11 is 6.51. The number of piperazine rings is 1. The van der Waals surface area contributed by atoms with E-state index in [-0.39, 0.29) is 0 Å². The van der Waals surface area contributed by atoms with Gasteiger partial charge < -0.3 is 10.2 Å². The number of hydrogen-bond donors (Lipinski definition) is 1. The average Bonchev–Trinajstić information content (AvgIpc) is 2.43. The van der Waals surface area contributed by atoms with Crippen molar-refractivity contribution in [1.82, 2.24) is 10.2 Å². The van der Waals surface area contributed by atoms with Crippen LogP contribution in [0.4, 0.5) is 5.69 Å². The van der Waals surface area contributed by atoms with E-state index in [1.165, 1.54) is 5.56 Å². The zero-order valence-electron chi connectivity index (χ0n) is 13.2. The molecule has 3 unspecified atom stereocenters. The van der Waals surface area contributed by atoms with Crippen LogP contribution in [0.1, 0.15) is 32.4 Å². The van der Waals surface area contributed by atoms with E-state index in [4.69, 9.17) is 11.6 Å². The molecule has 0 radical (unpaired) electrons. The van der Waals surface area contributed by atoms with E-state index in [9.17, 15) is 0 Å². The molecule has 1 aromatic rings. The lowest BCUT2D eigenvalue weighted by Crippen LogP contribution is -2.55. The number of nitrogens with one attached hydrogen (secondary N) is 1. The highest BCUT2D eigenvalue weighted by Crippen LogP contribution is 2.31. The van der Waals surface area contributed by atoms with Crippen LogP contribution in [0.5, 0.6) is 0 Å². The molecular formula is C16H26ClN3. The van der Waals surface area contributed by atoms with Gasteiger partial charge >= 0.3 is 0 Å². The summed E-state index contributed by atoms with van der Waals surface area (Å²) in [5.41, 5.74) is 2.39. The largest absolute Gasteiger partial charge is 0.367 e. The van der Waals surface area contributed by atoms with Crippen LogP contribution < -0.4 is 10.2 Å². The molecule has 20 heavy (non-hydrogen) atoms. The standard InChI is InChI=1S/C16H26ClN3/c1-11-9-20(10-12(2)19(11)5)16-7-6-14(8-15(16)17)13(3)18-4/h6-8,11-13,18H,9-10H2,1-5H3. The van der Waals surface area contributed by atoms with Crippen molar-refractivity contribution in [3.05, 3.63) is 28.8 Å². The van der Waals surface area contributed by atoms with Gasteiger partial charge in [0.15, 0.2) is 0 Å². The molecule has 1 N–H and O–H groups in total. The fourth-order valence-corrected chi connectivity index (χ4v) is 3.13. The second-order valence-corrected chi connectivity index (χ2v) is 6.40. The molecule has 112 valence electrons. The highest BCUT2D eigenvalue weighted by molar-refractivity contribution is 6.33. The Kier molecular flexibility index (Phi) is 4.95. The minimum Gasteiger partial charge on any atom is -0.367 e. The van der Waals surface area contributed by atoms with Crippen LogP contribution in [0.2, 0.25) is 5.02 Å². The summed E-state index contributed by atoms with van der Waals surface area (Å²) in [6.07, 6.45) is 0. The fraction of sp³-hybridized carbons (Fsp3) is 0.625. The SMILES string of the molecule is CNC(C)c1ccc(N2CC(C)N(C)C(C)C2)c(Cl)c1. The Labute approximate surface area is 127 Å². The molecule has 1 fully saturated rings. The summed E-state index contributed by atoms with van der Waals surface area (Å²) in [6.45, 7) is 8.75. The second-order valence-electron chi connectivity index (χ2n) is 5.99. The van der Waals surface area contributed by atoms with Gasteiger partial charge in [-0.3, -0.25) is 4.90 Å². The van der Waals surface area contributed by atoms with E-state index in [1.54, 1.807) is 0 Å². The molecule has 0 bridgehead atoms. The van der Waals surface area contributed by atoms with Gasteiger partial charge in [0.1, 0.15) is 0 Å². The third-order valence-electron chi connectivity index (χ3n) is 4.61. The first-order valence-corrected chi connectivity index (χ1v) is 7.75. The van der Waals surface area contributed by atoms with Crippen molar-refractivity contribution >= 4 is 17.3 Å². The minimum absolute atomic E-state index is 0.326. The van der Waals surface area contributed by atoms with Gasteiger partial charge in [-0.15, -0.1) is 0 Å². The number of hydrogen-bond acceptors (Lipinski definition) is 3. The first-order valence-electron chi connectivity index (χ1n) is 7.37. The fourth-order valence-electron chi connectivity index (χ4n) is 2.82. The quantitative estimate of drug-likeness (QED) is 0.924. The maximum atomic E-state index is 6.51. The molecule has 3 atom stereocenters. The maximum Gasteiger partial charge on any atom is 0.0642 e. The highest BCUT2D eigenvalue weighted by Gasteiger charge is 2.27. The molecule has 0 amide bonds. The van der Waals surface area contributed by atoms with Gasteiger partial charge in [0, 0.05) is 31.2 Å². The molecule has 1 aliphatic heterocycles. The molecule has 3 nitrogen and oxygen atoms in total. The van der Waals surface area contributed by atoms with Gasteiger partial charge in [0.2, 0.25) is 0 Å². The summed E-state index contributed by atoms with van der Waals surface area (Å²) in [5, 5.41) is 4.10. The summed E-state index contributed by atoms with van der Waals surface area (Å²) in [5.74, 6) is 0. The normalized spacial score (nSPS) is 25.8. The third kappa shape index (κ3) is 3.11. The molecule has 4 heteroatoms. The van der Waals surface area contributed by atoms with Crippen molar-refractivity contribution < 1.29 is 0 Å². The molecule has 1 saturated heterocycles. The van der Waals surface area contributed by atoms with E-state index in [0.717, 1.165) is 23.8 Å². The van der Waals surface area contributed by atoms with Crippen LogP contribution in [-0.4, -0.2) is 44.2 Å². The maximum absolute atomic E-state index is 6.51. The topological polar surface area (TPSA) is 18.5 Å². The Morgan fingerprint density at radius 2 is 1.85 bits per heavy atom. The van der Waals surface area contributed by atoms with Crippen molar-refractivity contribution in [1.29, 1.82) is 0 Å². The Morgan fingerprint density at radius 1 is 1.25 bits per heavy atom. The van der Waals surface area contributed by atoms with E-state index < -0.39 is 0 Å². The molecule has 1 heterocycles. The lowest BCUT2D eigenvalue weighted by atomic mass is 10.1. The Bertz CT molecular complexity index is 451. The summed E-state index contributed by atoms with van der Waals surface area (Å²) in [4.78, 5) is 4.84. The van der Waals surface area contributed by atoms with Crippen LogP contribution >= 0.6 is 11.6 Å². The Morgan fingerprint density at radius 3 is 2.35 bits per heavy atom. The molecule has 2 rings (SSSR count). The van der Waals surface area contributed by atoms with Crippen molar-refractivity contribution in [2.75, 3.05) is 32.1 Å². The summed E-state index contributed by atoms with van der Waals surface area (Å²) in [6, 6.07) is 7.85. The average molecular weight is 296 g/mol. The number of likely N-dealkylation sites (N-methyl/N-ethyl adjacent to an activating group) is 1. The van der Waals surface area contributed by atoms with E-state index >= 15 is 0 Å². The molecule has 0 spiro atoms.